The van der Waals surface area contributed by atoms with Gasteiger partial charge >= 0.3 is 17.9 Å². The van der Waals surface area contributed by atoms with Crippen LogP contribution in [0.4, 0.5) is 0 Å². The molecule has 1 aliphatic rings. The SMILES string of the molecule is COC(=O)C(C(=O)OC)=C1C(=O)OC/C1=C\c1ccccc1. The van der Waals surface area contributed by atoms with Crippen LogP contribution in [0.1, 0.15) is 5.56 Å². The van der Waals surface area contributed by atoms with E-state index < -0.39 is 23.5 Å². The molecule has 6 nitrogen and oxygen atoms in total. The highest BCUT2D eigenvalue weighted by atomic mass is 16.5. The molecule has 1 saturated heterocycles. The molecule has 1 heterocycles. The molecule has 0 aromatic heterocycles. The highest BCUT2D eigenvalue weighted by molar-refractivity contribution is 6.21. The first-order valence-corrected chi connectivity index (χ1v) is 6.42. The van der Waals surface area contributed by atoms with Crippen molar-refractivity contribution in [2.45, 2.75) is 0 Å². The molecule has 0 amide bonds. The zero-order valence-electron chi connectivity index (χ0n) is 12.1. The first kappa shape index (κ1) is 15.5. The smallest absolute Gasteiger partial charge is 0.346 e. The quantitative estimate of drug-likeness (QED) is 0.275. The summed E-state index contributed by atoms with van der Waals surface area (Å²) in [5, 5.41) is 0. The van der Waals surface area contributed by atoms with Gasteiger partial charge in [0.05, 0.1) is 19.8 Å². The fourth-order valence-electron chi connectivity index (χ4n) is 2.04. The molecule has 0 unspecified atom stereocenters. The van der Waals surface area contributed by atoms with Gasteiger partial charge in [-0.1, -0.05) is 30.3 Å². The van der Waals surface area contributed by atoms with Gasteiger partial charge in [-0.2, -0.15) is 0 Å². The van der Waals surface area contributed by atoms with Gasteiger partial charge in [0.1, 0.15) is 6.61 Å². The van der Waals surface area contributed by atoms with Crippen molar-refractivity contribution < 1.29 is 28.6 Å². The van der Waals surface area contributed by atoms with E-state index in [4.69, 9.17) is 4.74 Å². The Balaban J connectivity index is 2.58. The van der Waals surface area contributed by atoms with Crippen LogP contribution in [0.25, 0.3) is 6.08 Å². The van der Waals surface area contributed by atoms with Gasteiger partial charge < -0.3 is 14.2 Å². The van der Waals surface area contributed by atoms with Gasteiger partial charge in [-0.15, -0.1) is 0 Å². The van der Waals surface area contributed by atoms with Crippen molar-refractivity contribution in [1.29, 1.82) is 0 Å². The van der Waals surface area contributed by atoms with Crippen molar-refractivity contribution in [2.75, 3.05) is 20.8 Å². The van der Waals surface area contributed by atoms with E-state index in [-0.39, 0.29) is 12.2 Å². The van der Waals surface area contributed by atoms with Gasteiger partial charge in [0.15, 0.2) is 5.57 Å². The van der Waals surface area contributed by atoms with Crippen LogP contribution < -0.4 is 0 Å². The molecule has 1 fully saturated rings. The first-order valence-electron chi connectivity index (χ1n) is 6.42. The summed E-state index contributed by atoms with van der Waals surface area (Å²) in [5.41, 5.74) is 0.640. The summed E-state index contributed by atoms with van der Waals surface area (Å²) in [6, 6.07) is 9.15. The molecule has 2 rings (SSSR count). The molecule has 0 spiro atoms. The summed E-state index contributed by atoms with van der Waals surface area (Å²) in [4.78, 5) is 35.6. The minimum Gasteiger partial charge on any atom is -0.465 e. The lowest BCUT2D eigenvalue weighted by Gasteiger charge is -2.06. The number of ether oxygens (including phenoxy) is 3. The molecule has 0 bridgehead atoms. The average Bonchev–Trinajstić information content (AvgIpc) is 2.89. The molecule has 0 atom stereocenters. The third-order valence-corrected chi connectivity index (χ3v) is 3.05. The molecule has 0 aliphatic carbocycles. The maximum absolute atomic E-state index is 11.9. The zero-order valence-corrected chi connectivity index (χ0v) is 12.1. The van der Waals surface area contributed by atoms with Crippen LogP contribution >= 0.6 is 0 Å². The van der Waals surface area contributed by atoms with Crippen molar-refractivity contribution in [1.82, 2.24) is 0 Å². The highest BCUT2D eigenvalue weighted by Gasteiger charge is 2.35. The second kappa shape index (κ2) is 6.71. The van der Waals surface area contributed by atoms with Crippen LogP contribution in [0.2, 0.25) is 0 Å². The van der Waals surface area contributed by atoms with Gasteiger partial charge in [0.25, 0.3) is 0 Å². The Labute approximate surface area is 127 Å². The summed E-state index contributed by atoms with van der Waals surface area (Å²) in [5.74, 6) is -2.65. The molecule has 22 heavy (non-hydrogen) atoms. The minimum atomic E-state index is -0.945. The molecule has 1 aromatic carbocycles. The Bertz CT molecular complexity index is 651. The van der Waals surface area contributed by atoms with E-state index in [1.165, 1.54) is 0 Å². The van der Waals surface area contributed by atoms with E-state index in [0.29, 0.717) is 5.57 Å². The second-order valence-corrected chi connectivity index (χ2v) is 4.39. The first-order chi connectivity index (χ1) is 10.6. The van der Waals surface area contributed by atoms with Crippen LogP contribution in [-0.2, 0) is 28.6 Å². The van der Waals surface area contributed by atoms with Crippen LogP contribution in [0, 0.1) is 0 Å². The van der Waals surface area contributed by atoms with E-state index in [0.717, 1.165) is 19.8 Å². The number of hydrogen-bond donors (Lipinski definition) is 0. The summed E-state index contributed by atoms with van der Waals surface area (Å²) in [6.07, 6.45) is 1.67. The Hall–Kier alpha value is -2.89. The van der Waals surface area contributed by atoms with Gasteiger partial charge in [0.2, 0.25) is 0 Å². The molecular weight excluding hydrogens is 288 g/mol. The molecule has 6 heteroatoms. The fourth-order valence-corrected chi connectivity index (χ4v) is 2.04. The second-order valence-electron chi connectivity index (χ2n) is 4.39. The van der Waals surface area contributed by atoms with Gasteiger partial charge in [-0.05, 0) is 11.6 Å². The highest BCUT2D eigenvalue weighted by Crippen LogP contribution is 2.27. The van der Waals surface area contributed by atoms with Gasteiger partial charge in [-0.3, -0.25) is 0 Å². The third-order valence-electron chi connectivity index (χ3n) is 3.05. The van der Waals surface area contributed by atoms with Gasteiger partial charge in [-0.25, -0.2) is 14.4 Å². The number of rotatable bonds is 3. The predicted octanol–water partition coefficient (Wildman–Crippen LogP) is 1.27. The maximum atomic E-state index is 11.9. The number of hydrogen-bond acceptors (Lipinski definition) is 6. The van der Waals surface area contributed by atoms with Crippen molar-refractivity contribution in [2.24, 2.45) is 0 Å². The minimum absolute atomic E-state index is 0.0272. The zero-order chi connectivity index (χ0) is 16.1. The number of benzene rings is 1. The Morgan fingerprint density at radius 2 is 1.68 bits per heavy atom. The molecule has 0 saturated carbocycles. The van der Waals surface area contributed by atoms with E-state index in [1.807, 2.05) is 30.3 Å². The average molecular weight is 302 g/mol. The Kier molecular flexibility index (Phi) is 4.73. The normalized spacial score (nSPS) is 15.5. The van der Waals surface area contributed by atoms with E-state index in [2.05, 4.69) is 9.47 Å². The lowest BCUT2D eigenvalue weighted by Crippen LogP contribution is -2.20. The van der Waals surface area contributed by atoms with Crippen molar-refractivity contribution >= 4 is 24.0 Å². The number of cyclic esters (lactones) is 1. The topological polar surface area (TPSA) is 78.9 Å². The summed E-state index contributed by atoms with van der Waals surface area (Å²) in [7, 11) is 2.24. The monoisotopic (exact) mass is 302 g/mol. The summed E-state index contributed by atoms with van der Waals surface area (Å²) in [6.45, 7) is -0.0272. The largest absolute Gasteiger partial charge is 0.465 e. The Morgan fingerprint density at radius 1 is 1.09 bits per heavy atom. The maximum Gasteiger partial charge on any atom is 0.346 e. The van der Waals surface area contributed by atoms with Crippen LogP contribution in [-0.4, -0.2) is 38.7 Å². The van der Waals surface area contributed by atoms with Crippen molar-refractivity contribution in [3.8, 4) is 0 Å². The number of esters is 3. The molecule has 1 aliphatic heterocycles. The molecule has 0 N–H and O–H groups in total. The lowest BCUT2D eigenvalue weighted by molar-refractivity contribution is -0.145. The van der Waals surface area contributed by atoms with Crippen molar-refractivity contribution in [3.63, 3.8) is 0 Å². The molecule has 114 valence electrons. The molecule has 1 aromatic rings. The lowest BCUT2D eigenvalue weighted by atomic mass is 10.00. The third kappa shape index (κ3) is 3.06. The fraction of sp³-hybridized carbons (Fsp3) is 0.188. The summed E-state index contributed by atoms with van der Waals surface area (Å²) < 4.78 is 14.1. The van der Waals surface area contributed by atoms with Crippen LogP contribution in [0.15, 0.2) is 47.1 Å². The molecular formula is C16H14O6. The standard InChI is InChI=1S/C16H14O6/c1-20-14(17)13(15(18)21-2)12-11(9-22-16(12)19)8-10-6-4-3-5-7-10/h3-8H,9H2,1-2H3/b11-8+. The van der Waals surface area contributed by atoms with Crippen LogP contribution in [0.5, 0.6) is 0 Å². The van der Waals surface area contributed by atoms with E-state index in [1.54, 1.807) is 6.08 Å². The van der Waals surface area contributed by atoms with E-state index in [9.17, 15) is 14.4 Å². The predicted molar refractivity (Wildman–Crippen MR) is 76.4 cm³/mol. The van der Waals surface area contributed by atoms with Crippen LogP contribution in [0.3, 0.4) is 0 Å². The number of carbonyl (C=O) groups excluding carboxylic acids is 3. The Morgan fingerprint density at radius 3 is 2.23 bits per heavy atom. The molecule has 0 radical (unpaired) electrons. The van der Waals surface area contributed by atoms with Gasteiger partial charge in [0, 0.05) is 5.57 Å². The number of carbonyl (C=O) groups is 3. The number of methoxy groups -OCH3 is 2. The van der Waals surface area contributed by atoms with Crippen molar-refractivity contribution in [3.05, 3.63) is 52.6 Å². The summed E-state index contributed by atoms with van der Waals surface area (Å²) >= 11 is 0. The van der Waals surface area contributed by atoms with E-state index >= 15 is 0 Å².